The van der Waals surface area contributed by atoms with Gasteiger partial charge in [0.25, 0.3) is 11.8 Å². The van der Waals surface area contributed by atoms with Gasteiger partial charge in [0.1, 0.15) is 5.82 Å². The number of ketones is 1. The van der Waals surface area contributed by atoms with Gasteiger partial charge in [0, 0.05) is 53.6 Å². The van der Waals surface area contributed by atoms with E-state index < -0.39 is 5.91 Å². The largest absolute Gasteiger partial charge is 0.381 e. The molecule has 8 heteroatoms. The molecule has 3 atom stereocenters. The van der Waals surface area contributed by atoms with E-state index in [1.807, 2.05) is 25.1 Å². The second kappa shape index (κ2) is 10.4. The molecule has 0 spiro atoms. The van der Waals surface area contributed by atoms with Crippen LogP contribution in [0.4, 0.5) is 11.5 Å². The summed E-state index contributed by atoms with van der Waals surface area (Å²) >= 11 is 0. The predicted octanol–water partition coefficient (Wildman–Crippen LogP) is 4.86. The third kappa shape index (κ3) is 5.45. The van der Waals surface area contributed by atoms with Gasteiger partial charge in [-0.15, -0.1) is 0 Å². The van der Waals surface area contributed by atoms with Crippen molar-refractivity contribution in [2.45, 2.75) is 89.3 Å². The number of hydrogen-bond donors (Lipinski definition) is 3. The van der Waals surface area contributed by atoms with Crippen LogP contribution in [0.3, 0.4) is 0 Å². The summed E-state index contributed by atoms with van der Waals surface area (Å²) in [4.78, 5) is 45.5. The molecule has 1 saturated heterocycles. The number of pyridine rings is 1. The minimum atomic E-state index is -0.466. The fourth-order valence-corrected chi connectivity index (χ4v) is 7.42. The van der Waals surface area contributed by atoms with Crippen molar-refractivity contribution in [2.75, 3.05) is 16.8 Å². The van der Waals surface area contributed by atoms with Crippen LogP contribution in [0.25, 0.3) is 0 Å². The lowest BCUT2D eigenvalue weighted by molar-refractivity contribution is 0.0933. The quantitative estimate of drug-likeness (QED) is 0.361. The second-order valence-corrected chi connectivity index (χ2v) is 13.3. The van der Waals surface area contributed by atoms with Gasteiger partial charge in [-0.25, -0.2) is 4.98 Å². The van der Waals surface area contributed by atoms with Crippen LogP contribution >= 0.6 is 0 Å². The Morgan fingerprint density at radius 3 is 2.37 bits per heavy atom. The van der Waals surface area contributed by atoms with Crippen LogP contribution in [0.1, 0.15) is 101 Å². The maximum atomic E-state index is 13.6. The maximum absolute atomic E-state index is 13.6. The van der Waals surface area contributed by atoms with Crippen molar-refractivity contribution < 1.29 is 14.4 Å². The standard InChI is InChI=1S/C33H41N5O3/c1-18-13-26(32(34)40)27(37-30(19-4-5-19)20-6-7-20)16-25(18)33(41)36-24-14-22-3-2-12-38(28(22)15-24)29-11-10-23(17-35-29)31(39)21-8-9-21/h10-11,13,16-17,19-22,24,28,30,37H,2-9,12,14-15H2,1H3,(H2,34,40)(H,36,41). The van der Waals surface area contributed by atoms with Gasteiger partial charge in [-0.3, -0.25) is 14.4 Å². The van der Waals surface area contributed by atoms with Gasteiger partial charge in [0.15, 0.2) is 5.78 Å². The molecule has 2 aromatic rings. The number of carbonyl (C=O) groups excluding carboxylic acids is 3. The lowest BCUT2D eigenvalue weighted by Gasteiger charge is -2.38. The van der Waals surface area contributed by atoms with Gasteiger partial charge in [0.2, 0.25) is 0 Å². The average Bonchev–Trinajstić information content (AvgIpc) is 3.82. The molecule has 2 amide bonds. The summed E-state index contributed by atoms with van der Waals surface area (Å²) in [6.07, 6.45) is 12.7. The summed E-state index contributed by atoms with van der Waals surface area (Å²) in [6, 6.07) is 8.30. The summed E-state index contributed by atoms with van der Waals surface area (Å²) in [5.41, 5.74) is 9.00. The van der Waals surface area contributed by atoms with E-state index in [0.29, 0.717) is 52.2 Å². The molecule has 7 rings (SSSR count). The van der Waals surface area contributed by atoms with E-state index in [4.69, 9.17) is 10.7 Å². The van der Waals surface area contributed by atoms with E-state index in [1.165, 1.54) is 25.7 Å². The number of amides is 2. The van der Waals surface area contributed by atoms with Crippen LogP contribution in [0.15, 0.2) is 30.5 Å². The number of fused-ring (bicyclic) bond motifs is 1. The Morgan fingerprint density at radius 1 is 0.976 bits per heavy atom. The monoisotopic (exact) mass is 555 g/mol. The van der Waals surface area contributed by atoms with E-state index in [0.717, 1.165) is 56.5 Å². The Hall–Kier alpha value is -3.42. The molecule has 41 heavy (non-hydrogen) atoms. The zero-order valence-corrected chi connectivity index (χ0v) is 23.9. The molecular formula is C33H41N5O3. The van der Waals surface area contributed by atoms with E-state index >= 15 is 0 Å². The summed E-state index contributed by atoms with van der Waals surface area (Å²) in [7, 11) is 0. The van der Waals surface area contributed by atoms with Crippen molar-refractivity contribution in [3.8, 4) is 0 Å². The number of aromatic nitrogens is 1. The van der Waals surface area contributed by atoms with Crippen molar-refractivity contribution in [3.05, 3.63) is 52.7 Å². The SMILES string of the molecule is Cc1cc(C(N)=O)c(NC(C2CC2)C2CC2)cc1C(=O)NC1CC2CCCN(c3ccc(C(=O)C4CC4)cn3)C2C1. The molecule has 1 aromatic carbocycles. The third-order valence-electron chi connectivity index (χ3n) is 10.1. The number of hydrogen-bond acceptors (Lipinski definition) is 6. The number of piperidine rings is 1. The normalized spacial score (nSPS) is 25.6. The Morgan fingerprint density at radius 2 is 1.73 bits per heavy atom. The fraction of sp³-hybridized carbons (Fsp3) is 0.576. The minimum Gasteiger partial charge on any atom is -0.381 e. The highest BCUT2D eigenvalue weighted by atomic mass is 16.2. The first kappa shape index (κ1) is 26.5. The van der Waals surface area contributed by atoms with Crippen LogP contribution in [0, 0.1) is 30.6 Å². The van der Waals surface area contributed by atoms with Crippen LogP contribution in [0.5, 0.6) is 0 Å². The van der Waals surface area contributed by atoms with E-state index in [9.17, 15) is 14.4 Å². The minimum absolute atomic E-state index is 0.0751. The molecule has 5 aliphatic rings. The Balaban J connectivity index is 1.05. The number of nitrogens with zero attached hydrogens (tertiary/aromatic N) is 2. The molecule has 4 saturated carbocycles. The highest BCUT2D eigenvalue weighted by Gasteiger charge is 2.43. The number of nitrogens with one attached hydrogen (secondary N) is 2. The lowest BCUT2D eigenvalue weighted by Crippen LogP contribution is -2.43. The zero-order valence-electron chi connectivity index (χ0n) is 23.9. The molecular weight excluding hydrogens is 514 g/mol. The van der Waals surface area contributed by atoms with Crippen molar-refractivity contribution in [2.24, 2.45) is 29.4 Å². The van der Waals surface area contributed by atoms with Gasteiger partial charge >= 0.3 is 0 Å². The predicted molar refractivity (Wildman–Crippen MR) is 158 cm³/mol. The fourth-order valence-electron chi connectivity index (χ4n) is 7.42. The number of carbonyl (C=O) groups is 3. The number of nitrogens with two attached hydrogens (primary N) is 1. The van der Waals surface area contributed by atoms with Crippen molar-refractivity contribution in [3.63, 3.8) is 0 Å². The molecule has 4 aliphatic carbocycles. The van der Waals surface area contributed by atoms with Gasteiger partial charge < -0.3 is 21.3 Å². The summed E-state index contributed by atoms with van der Waals surface area (Å²) < 4.78 is 0. The van der Waals surface area contributed by atoms with Crippen molar-refractivity contribution in [1.29, 1.82) is 0 Å². The van der Waals surface area contributed by atoms with Gasteiger partial charge in [-0.2, -0.15) is 0 Å². The molecule has 8 nitrogen and oxygen atoms in total. The first-order valence-corrected chi connectivity index (χ1v) is 15.6. The maximum Gasteiger partial charge on any atom is 0.251 e. The Kier molecular flexibility index (Phi) is 6.75. The highest BCUT2D eigenvalue weighted by molar-refractivity contribution is 6.03. The molecule has 4 N–H and O–H groups in total. The first-order chi connectivity index (χ1) is 19.9. The number of primary amides is 1. The van der Waals surface area contributed by atoms with Crippen LogP contribution in [0.2, 0.25) is 0 Å². The third-order valence-corrected chi connectivity index (χ3v) is 10.1. The van der Waals surface area contributed by atoms with E-state index in [1.54, 1.807) is 12.3 Å². The molecule has 3 unspecified atom stereocenters. The van der Waals surface area contributed by atoms with Crippen LogP contribution in [-0.2, 0) is 0 Å². The van der Waals surface area contributed by atoms with Gasteiger partial charge in [-0.1, -0.05) is 0 Å². The van der Waals surface area contributed by atoms with E-state index in [2.05, 4.69) is 15.5 Å². The number of rotatable bonds is 10. The summed E-state index contributed by atoms with van der Waals surface area (Å²) in [5, 5.41) is 6.97. The van der Waals surface area contributed by atoms with Crippen molar-refractivity contribution >= 4 is 29.1 Å². The molecule has 2 heterocycles. The van der Waals surface area contributed by atoms with Crippen LogP contribution in [-0.4, -0.2) is 47.3 Å². The number of anilines is 2. The molecule has 0 bridgehead atoms. The molecule has 5 fully saturated rings. The van der Waals surface area contributed by atoms with E-state index in [-0.39, 0.29) is 23.7 Å². The molecule has 216 valence electrons. The summed E-state index contributed by atoms with van der Waals surface area (Å²) in [5.74, 6) is 2.58. The summed E-state index contributed by atoms with van der Waals surface area (Å²) in [6.45, 7) is 2.82. The Labute approximate surface area is 241 Å². The molecule has 1 aromatic heterocycles. The number of benzene rings is 1. The Bertz CT molecular complexity index is 1350. The van der Waals surface area contributed by atoms with Crippen molar-refractivity contribution in [1.82, 2.24) is 10.3 Å². The molecule has 0 radical (unpaired) electrons. The number of Topliss-reactive ketones (excluding diaryl/α,β-unsaturated/α-hetero) is 1. The first-order valence-electron chi connectivity index (χ1n) is 15.6. The highest BCUT2D eigenvalue weighted by Crippen LogP contribution is 2.46. The average molecular weight is 556 g/mol. The smallest absolute Gasteiger partial charge is 0.251 e. The van der Waals surface area contributed by atoms with Crippen LogP contribution < -0.4 is 21.3 Å². The zero-order chi connectivity index (χ0) is 28.2. The molecule has 1 aliphatic heterocycles. The number of aryl methyl sites for hydroxylation is 1. The second-order valence-electron chi connectivity index (χ2n) is 13.3. The van der Waals surface area contributed by atoms with Gasteiger partial charge in [0.05, 0.1) is 5.56 Å². The topological polar surface area (TPSA) is 117 Å². The van der Waals surface area contributed by atoms with Gasteiger partial charge in [-0.05, 0) is 119 Å². The lowest BCUT2D eigenvalue weighted by atomic mass is 9.92.